The summed E-state index contributed by atoms with van der Waals surface area (Å²) >= 11 is 0. The topological polar surface area (TPSA) is 114 Å². The largest absolute Gasteiger partial charge is 0.404 e. The number of hydrogen-bond donors (Lipinski definition) is 1. The Hall–Kier alpha value is -3.04. The van der Waals surface area contributed by atoms with Gasteiger partial charge in [0.2, 0.25) is 10.0 Å². The Morgan fingerprint density at radius 3 is 2.35 bits per heavy atom. The Labute approximate surface area is 193 Å². The van der Waals surface area contributed by atoms with E-state index in [0.29, 0.717) is 35.1 Å². The number of nitrogens with one attached hydrogen (secondary N) is 1. The van der Waals surface area contributed by atoms with E-state index in [2.05, 4.69) is 21.0 Å². The highest BCUT2D eigenvalue weighted by atomic mass is 32.2. The van der Waals surface area contributed by atoms with E-state index < -0.39 is 27.1 Å². The molecule has 0 spiro atoms. The van der Waals surface area contributed by atoms with Gasteiger partial charge in [0, 0.05) is 17.6 Å². The van der Waals surface area contributed by atoms with Gasteiger partial charge in [0.05, 0.1) is 18.0 Å². The highest BCUT2D eigenvalue weighted by Crippen LogP contribution is 2.44. The molecule has 0 aromatic carbocycles. The summed E-state index contributed by atoms with van der Waals surface area (Å²) in [4.78, 5) is 12.5. The summed E-state index contributed by atoms with van der Waals surface area (Å²) in [5.74, 6) is 0.573. The van der Waals surface area contributed by atoms with Gasteiger partial charge in [-0.2, -0.15) is 23.2 Å². The predicted octanol–water partition coefficient (Wildman–Crippen LogP) is 4.20. The first-order valence-corrected chi connectivity index (χ1v) is 12.4. The number of hydrogen-bond acceptors (Lipinski definition) is 6. The van der Waals surface area contributed by atoms with Gasteiger partial charge < -0.3 is 4.57 Å². The number of nitriles is 1. The summed E-state index contributed by atoms with van der Waals surface area (Å²) in [7, 11) is -4.49. The van der Waals surface area contributed by atoms with Crippen molar-refractivity contribution in [3.05, 3.63) is 35.8 Å². The molecule has 2 aliphatic carbocycles. The monoisotopic (exact) mass is 490 g/mol. The maximum Gasteiger partial charge on any atom is 0.404 e. The molecule has 8 nitrogen and oxygen atoms in total. The zero-order valence-corrected chi connectivity index (χ0v) is 19.0. The van der Waals surface area contributed by atoms with E-state index in [9.17, 15) is 26.9 Å². The van der Waals surface area contributed by atoms with Gasteiger partial charge in [-0.15, -0.1) is 0 Å². The summed E-state index contributed by atoms with van der Waals surface area (Å²) < 4.78 is 66.7. The van der Waals surface area contributed by atoms with Crippen LogP contribution >= 0.6 is 0 Å². The minimum absolute atomic E-state index is 0.111. The van der Waals surface area contributed by atoms with Gasteiger partial charge in [-0.3, -0.25) is 0 Å². The molecule has 12 heteroatoms. The Kier molecular flexibility index (Phi) is 5.37. The lowest BCUT2D eigenvalue weighted by Gasteiger charge is -2.29. The third kappa shape index (κ3) is 3.92. The minimum atomic E-state index is -4.73. The molecule has 0 saturated heterocycles. The molecular formula is C22H21F3N6O2S. The molecule has 3 heterocycles. The Balaban J connectivity index is 1.58. The van der Waals surface area contributed by atoms with Crippen LogP contribution in [0.2, 0.25) is 0 Å². The maximum atomic E-state index is 12.8. The number of sulfonamides is 1. The first-order valence-electron chi connectivity index (χ1n) is 11.0. The van der Waals surface area contributed by atoms with Crippen molar-refractivity contribution >= 4 is 21.1 Å². The molecule has 178 valence electrons. The van der Waals surface area contributed by atoms with E-state index >= 15 is 0 Å². The van der Waals surface area contributed by atoms with Crippen LogP contribution in [0.5, 0.6) is 0 Å². The van der Waals surface area contributed by atoms with Gasteiger partial charge in [0.15, 0.2) is 5.82 Å². The van der Waals surface area contributed by atoms with Crippen LogP contribution in [0, 0.1) is 11.3 Å². The average molecular weight is 491 g/mol. The van der Waals surface area contributed by atoms with E-state index in [-0.39, 0.29) is 11.9 Å². The van der Waals surface area contributed by atoms with Gasteiger partial charge >= 0.3 is 6.18 Å². The van der Waals surface area contributed by atoms with E-state index in [4.69, 9.17) is 0 Å². The number of rotatable bonds is 6. The number of halogens is 3. The molecule has 0 aliphatic heterocycles. The molecule has 5 rings (SSSR count). The van der Waals surface area contributed by atoms with Crippen LogP contribution in [-0.2, 0) is 10.0 Å². The fourth-order valence-electron chi connectivity index (χ4n) is 4.12. The van der Waals surface area contributed by atoms with Crippen molar-refractivity contribution in [3.63, 3.8) is 0 Å². The average Bonchev–Trinajstić information content (AvgIpc) is 3.55. The number of fused-ring (bicyclic) bond motifs is 1. The number of pyridine rings is 1. The molecule has 0 unspecified atom stereocenters. The SMILES string of the molecule is C[C@H](NS(=O)(=O)c1cnc(-c2c(C#N)c3cc(C4CC4)cnc3n2C2CCC2)nc1)C(F)(F)F. The minimum Gasteiger partial charge on any atom is -0.318 e. The Morgan fingerprint density at radius 1 is 1.15 bits per heavy atom. The van der Waals surface area contributed by atoms with Crippen molar-refractivity contribution in [1.82, 2.24) is 24.2 Å². The second-order valence-corrected chi connectivity index (χ2v) is 10.5. The molecule has 1 N–H and O–H groups in total. The van der Waals surface area contributed by atoms with Crippen LogP contribution in [0.1, 0.15) is 62.1 Å². The van der Waals surface area contributed by atoms with Crippen molar-refractivity contribution in [2.75, 3.05) is 0 Å². The van der Waals surface area contributed by atoms with E-state index in [0.717, 1.165) is 50.1 Å². The van der Waals surface area contributed by atoms with Crippen LogP contribution in [0.4, 0.5) is 13.2 Å². The van der Waals surface area contributed by atoms with Crippen molar-refractivity contribution in [2.45, 2.75) is 68.1 Å². The fraction of sp³-hybridized carbons (Fsp3) is 0.455. The highest BCUT2D eigenvalue weighted by Gasteiger charge is 2.39. The van der Waals surface area contributed by atoms with Crippen LogP contribution in [0.15, 0.2) is 29.6 Å². The molecule has 3 aromatic rings. The molecule has 34 heavy (non-hydrogen) atoms. The zero-order chi connectivity index (χ0) is 24.3. The van der Waals surface area contributed by atoms with E-state index in [1.165, 1.54) is 0 Å². The molecule has 0 radical (unpaired) electrons. The molecule has 3 aromatic heterocycles. The summed E-state index contributed by atoms with van der Waals surface area (Å²) in [6.45, 7) is 0.714. The normalized spacial score (nSPS) is 18.0. The molecule has 0 amide bonds. The van der Waals surface area contributed by atoms with Crippen LogP contribution < -0.4 is 4.72 Å². The summed E-state index contributed by atoms with van der Waals surface area (Å²) in [6.07, 6.45) is 4.04. The summed E-state index contributed by atoms with van der Waals surface area (Å²) in [5.41, 5.74) is 2.54. The van der Waals surface area contributed by atoms with Gasteiger partial charge in [0.1, 0.15) is 28.3 Å². The smallest absolute Gasteiger partial charge is 0.318 e. The van der Waals surface area contributed by atoms with Crippen LogP contribution in [0.25, 0.3) is 22.6 Å². The van der Waals surface area contributed by atoms with E-state index in [1.807, 2.05) is 16.8 Å². The molecule has 1 atom stereocenters. The first-order chi connectivity index (χ1) is 16.1. The lowest BCUT2D eigenvalue weighted by atomic mass is 9.92. The molecule has 2 aliphatic rings. The van der Waals surface area contributed by atoms with Gasteiger partial charge in [0.25, 0.3) is 0 Å². The van der Waals surface area contributed by atoms with Crippen LogP contribution in [0.3, 0.4) is 0 Å². The Bertz CT molecular complexity index is 1400. The van der Waals surface area contributed by atoms with Crippen LogP contribution in [-0.4, -0.2) is 40.2 Å². The summed E-state index contributed by atoms with van der Waals surface area (Å²) in [5, 5.41) is 10.7. The maximum absolute atomic E-state index is 12.8. The van der Waals surface area contributed by atoms with Crippen molar-refractivity contribution in [3.8, 4) is 17.6 Å². The van der Waals surface area contributed by atoms with Crippen molar-refractivity contribution in [1.29, 1.82) is 5.26 Å². The van der Waals surface area contributed by atoms with Crippen molar-refractivity contribution in [2.24, 2.45) is 0 Å². The van der Waals surface area contributed by atoms with Gasteiger partial charge in [-0.25, -0.2) is 23.4 Å². The van der Waals surface area contributed by atoms with Crippen molar-refractivity contribution < 1.29 is 21.6 Å². The zero-order valence-electron chi connectivity index (χ0n) is 18.2. The van der Waals surface area contributed by atoms with E-state index in [1.54, 1.807) is 4.72 Å². The molecular weight excluding hydrogens is 469 g/mol. The molecule has 2 fully saturated rings. The lowest BCUT2D eigenvalue weighted by molar-refractivity contribution is -0.147. The third-order valence-corrected chi connectivity index (χ3v) is 7.93. The fourth-order valence-corrected chi connectivity index (χ4v) is 5.24. The highest BCUT2D eigenvalue weighted by molar-refractivity contribution is 7.89. The second kappa shape index (κ2) is 8.02. The predicted molar refractivity (Wildman–Crippen MR) is 116 cm³/mol. The summed E-state index contributed by atoms with van der Waals surface area (Å²) in [6, 6.07) is 2.07. The molecule has 0 bridgehead atoms. The number of aromatic nitrogens is 4. The first kappa shape index (κ1) is 22.7. The quantitative estimate of drug-likeness (QED) is 0.554. The third-order valence-electron chi connectivity index (χ3n) is 6.44. The Morgan fingerprint density at radius 2 is 1.82 bits per heavy atom. The second-order valence-electron chi connectivity index (χ2n) is 8.83. The number of nitrogens with zero attached hydrogens (tertiary/aromatic N) is 5. The standard InChI is InChI=1S/C22H21F3N6O2S/c1-12(22(23,24)25)30-34(32,33)16-10-27-20(28-11-16)19-18(8-26)17-7-14(13-5-6-13)9-29-21(17)31(19)15-3-2-4-15/h7,9-13,15,30H,2-6H2,1H3/t12-/m0/s1. The van der Waals surface area contributed by atoms with Gasteiger partial charge in [-0.05, 0) is 56.6 Å². The van der Waals surface area contributed by atoms with Gasteiger partial charge in [-0.1, -0.05) is 0 Å². The number of alkyl halides is 3. The lowest BCUT2D eigenvalue weighted by Crippen LogP contribution is -2.43. The molecule has 2 saturated carbocycles.